The molecule has 20 rings (SSSR count). The maximum atomic E-state index is 11.1. The molecule has 13 aromatic carbocycles. The van der Waals surface area contributed by atoms with Crippen LogP contribution in [0.1, 0.15) is 5.56 Å². The largest absolute Gasteiger partial charge is 0.309 e. The molecular formula is C96H58N16. The van der Waals surface area contributed by atoms with Gasteiger partial charge in [0.1, 0.15) is 0 Å². The van der Waals surface area contributed by atoms with Crippen LogP contribution in [-0.4, -0.2) is 73.9 Å². The van der Waals surface area contributed by atoms with Crippen molar-refractivity contribution in [3.63, 3.8) is 0 Å². The van der Waals surface area contributed by atoms with E-state index in [9.17, 15) is 5.26 Å². The quantitative estimate of drug-likeness (QED) is 0.0938. The molecule has 112 heavy (non-hydrogen) atoms. The number of hydrogen-bond acceptors (Lipinski definition) is 14. The second-order valence-electron chi connectivity index (χ2n) is 27.0. The van der Waals surface area contributed by atoms with Crippen LogP contribution in [0.15, 0.2) is 352 Å². The Morgan fingerprint density at radius 3 is 0.670 bits per heavy atom. The third kappa shape index (κ3) is 12.3. The molecule has 0 atom stereocenters. The fraction of sp³-hybridized carbons (Fsp3) is 0. The summed E-state index contributed by atoms with van der Waals surface area (Å²) in [5.74, 6) is 6.34. The second-order valence-corrected chi connectivity index (χ2v) is 27.0. The summed E-state index contributed by atoms with van der Waals surface area (Å²) < 4.78 is 4.53. The zero-order valence-electron chi connectivity index (χ0n) is 59.6. The first-order valence-corrected chi connectivity index (χ1v) is 36.6. The Labute approximate surface area is 641 Å². The van der Waals surface area contributed by atoms with Crippen molar-refractivity contribution in [2.45, 2.75) is 0 Å². The van der Waals surface area contributed by atoms with Crippen LogP contribution in [0.4, 0.5) is 0 Å². The average Bonchev–Trinajstić information content (AvgIpc) is 1.57. The molecule has 0 saturated carbocycles. The Bertz CT molecular complexity index is 6450. The molecule has 0 fully saturated rings. The molecule has 0 N–H and O–H groups in total. The molecule has 0 aliphatic carbocycles. The summed E-state index contributed by atoms with van der Waals surface area (Å²) in [6.45, 7) is 0. The van der Waals surface area contributed by atoms with Crippen LogP contribution >= 0.6 is 0 Å². The van der Waals surface area contributed by atoms with Crippen molar-refractivity contribution in [2.24, 2.45) is 0 Å². The molecule has 0 aliphatic rings. The second kappa shape index (κ2) is 28.1. The van der Waals surface area contributed by atoms with E-state index in [1.165, 1.54) is 0 Å². The Morgan fingerprint density at radius 2 is 0.429 bits per heavy atom. The molecule has 7 aromatic heterocycles. The lowest BCUT2D eigenvalue weighted by molar-refractivity contribution is 1.07. The summed E-state index contributed by atoms with van der Waals surface area (Å²) in [7, 11) is 0. The van der Waals surface area contributed by atoms with Gasteiger partial charge in [0.2, 0.25) is 0 Å². The Hall–Kier alpha value is -15.9. The predicted octanol–water partition coefficient (Wildman–Crippen LogP) is 21.6. The number of benzene rings is 13. The predicted molar refractivity (Wildman–Crippen MR) is 442 cm³/mol. The normalized spacial score (nSPS) is 11.4. The van der Waals surface area contributed by atoms with Gasteiger partial charge in [0.05, 0.1) is 51.3 Å². The molecular weight excluding hydrogens is 1380 g/mol. The van der Waals surface area contributed by atoms with Crippen molar-refractivity contribution < 1.29 is 0 Å². The summed E-state index contributed by atoms with van der Waals surface area (Å²) >= 11 is 0. The molecule has 16 heteroatoms. The zero-order chi connectivity index (χ0) is 74.4. The highest BCUT2D eigenvalue weighted by molar-refractivity contribution is 6.14. The van der Waals surface area contributed by atoms with E-state index >= 15 is 0 Å². The minimum Gasteiger partial charge on any atom is -0.309 e. The van der Waals surface area contributed by atoms with Gasteiger partial charge in [-0.25, -0.2) is 59.8 Å². The highest BCUT2D eigenvalue weighted by Gasteiger charge is 2.26. The van der Waals surface area contributed by atoms with E-state index in [1.54, 1.807) is 0 Å². The Morgan fingerprint density at radius 1 is 0.205 bits per heavy atom. The van der Waals surface area contributed by atoms with Gasteiger partial charge in [-0.3, -0.25) is 4.98 Å². The van der Waals surface area contributed by atoms with E-state index in [0.717, 1.165) is 133 Å². The molecule has 0 aliphatic heterocycles. The van der Waals surface area contributed by atoms with Crippen LogP contribution in [0.25, 0.3) is 203 Å². The van der Waals surface area contributed by atoms with Gasteiger partial charge < -0.3 is 9.13 Å². The van der Waals surface area contributed by atoms with Gasteiger partial charge in [-0.1, -0.05) is 249 Å². The monoisotopic (exact) mass is 1430 g/mol. The average molecular weight is 1440 g/mol. The summed E-state index contributed by atoms with van der Waals surface area (Å²) in [5, 5.41) is 14.7. The third-order valence-electron chi connectivity index (χ3n) is 20.1. The number of fused-ring (bicyclic) bond motifs is 6. The van der Waals surface area contributed by atoms with Crippen LogP contribution in [0, 0.1) is 11.3 Å². The number of nitrogens with zero attached hydrogens (tertiary/aromatic N) is 16. The van der Waals surface area contributed by atoms with E-state index in [0.29, 0.717) is 75.5 Å². The van der Waals surface area contributed by atoms with Crippen molar-refractivity contribution in [1.29, 1.82) is 5.26 Å². The molecule has 7 heterocycles. The van der Waals surface area contributed by atoms with Crippen molar-refractivity contribution in [3.8, 4) is 165 Å². The highest BCUT2D eigenvalue weighted by Crippen LogP contribution is 2.45. The number of aromatic nitrogens is 15. The molecule has 522 valence electrons. The van der Waals surface area contributed by atoms with Gasteiger partial charge in [0.15, 0.2) is 69.9 Å². The molecule has 0 spiro atoms. The summed E-state index contributed by atoms with van der Waals surface area (Å²) in [6, 6.07) is 116. The minimum atomic E-state index is 0.460. The minimum absolute atomic E-state index is 0.460. The van der Waals surface area contributed by atoms with Crippen LogP contribution in [0.5, 0.6) is 0 Å². The molecule has 0 bridgehead atoms. The lowest BCUT2D eigenvalue weighted by atomic mass is 10.00. The molecule has 16 nitrogen and oxygen atoms in total. The summed E-state index contributed by atoms with van der Waals surface area (Å²) in [5.41, 5.74) is 17.0. The van der Waals surface area contributed by atoms with E-state index in [2.05, 4.69) is 94.1 Å². The van der Waals surface area contributed by atoms with E-state index in [1.807, 2.05) is 273 Å². The number of nitriles is 1. The standard InChI is InChI=1S/C96H58N16/c97-58-60-41-46-73(83(53-60)111-79-47-42-69(93-103-85(61-25-9-1-10-26-61)99-86(104-93)62-27-11-2-12-28-62)54-75(79)76-55-70(43-48-80(76)111)94-105-87(63-29-13-3-14-30-63)100-88(106-94)64-31-15-4-16-32-64)74-51-52-98-59-84(74)112-81-49-44-71(95-107-89(65-33-17-5-18-34-65)101-90(108-95)66-35-19-6-20-36-66)56-77(81)78-57-72(45-50-82(78)112)96-109-91(67-37-21-7-22-38-67)102-92(110-96)68-39-23-8-24-40-68/h1-57,59H. The molecule has 0 saturated heterocycles. The summed E-state index contributed by atoms with van der Waals surface area (Å²) in [6.07, 6.45) is 3.74. The maximum Gasteiger partial charge on any atom is 0.164 e. The van der Waals surface area contributed by atoms with Crippen molar-refractivity contribution in [3.05, 3.63) is 358 Å². The number of pyridine rings is 1. The molecule has 0 radical (unpaired) electrons. The van der Waals surface area contributed by atoms with Crippen molar-refractivity contribution >= 4 is 43.6 Å². The third-order valence-corrected chi connectivity index (χ3v) is 20.1. The maximum absolute atomic E-state index is 11.1. The van der Waals surface area contributed by atoms with Crippen molar-refractivity contribution in [1.82, 2.24) is 73.9 Å². The molecule has 20 aromatic rings. The smallest absolute Gasteiger partial charge is 0.164 e. The SMILES string of the molecule is N#Cc1ccc(-c2ccncc2-n2c3ccc(-c4nc(-c5ccccc5)nc(-c5ccccc5)n4)cc3c3cc(-c4nc(-c5ccccc5)nc(-c5ccccc5)n4)ccc32)c(-n2c3ccc(-c4nc(-c5ccccc5)nc(-c5ccccc5)n4)cc3c3cc(-c4nc(-c5ccccc5)nc(-c5ccccc5)n4)ccc32)c1. The lowest BCUT2D eigenvalue weighted by Gasteiger charge is -2.18. The van der Waals surface area contributed by atoms with Gasteiger partial charge in [0.25, 0.3) is 0 Å². The van der Waals surface area contributed by atoms with E-state index < -0.39 is 0 Å². The lowest BCUT2D eigenvalue weighted by Crippen LogP contribution is -2.03. The van der Waals surface area contributed by atoms with E-state index in [4.69, 9.17) is 64.8 Å². The van der Waals surface area contributed by atoms with E-state index in [-0.39, 0.29) is 0 Å². The van der Waals surface area contributed by atoms with Crippen molar-refractivity contribution in [2.75, 3.05) is 0 Å². The highest BCUT2D eigenvalue weighted by atomic mass is 15.1. The van der Waals surface area contributed by atoms with Gasteiger partial charge in [-0.05, 0) is 91.0 Å². The summed E-state index contributed by atoms with van der Waals surface area (Å²) in [4.78, 5) is 67.0. The fourth-order valence-corrected chi connectivity index (χ4v) is 14.7. The van der Waals surface area contributed by atoms with Gasteiger partial charge in [0, 0.05) is 106 Å². The van der Waals surface area contributed by atoms with Gasteiger partial charge >= 0.3 is 0 Å². The Kier molecular flexibility index (Phi) is 16.5. The van der Waals surface area contributed by atoms with Crippen LogP contribution in [0.2, 0.25) is 0 Å². The zero-order valence-corrected chi connectivity index (χ0v) is 59.6. The van der Waals surface area contributed by atoms with Crippen LogP contribution in [-0.2, 0) is 0 Å². The fourth-order valence-electron chi connectivity index (χ4n) is 14.7. The van der Waals surface area contributed by atoms with Crippen LogP contribution in [0.3, 0.4) is 0 Å². The topological polar surface area (TPSA) is 201 Å². The first kappa shape index (κ1) is 65.6. The number of rotatable bonds is 15. The molecule has 0 amide bonds. The number of hydrogen-bond donors (Lipinski definition) is 0. The first-order valence-electron chi connectivity index (χ1n) is 36.6. The first-order chi connectivity index (χ1) is 55.4. The van der Waals surface area contributed by atoms with Gasteiger partial charge in [-0.2, -0.15) is 5.26 Å². The van der Waals surface area contributed by atoms with Crippen LogP contribution < -0.4 is 0 Å². The van der Waals surface area contributed by atoms with Gasteiger partial charge in [-0.15, -0.1) is 0 Å². The molecule has 0 unspecified atom stereocenters. The Balaban J connectivity index is 0.812.